The van der Waals surface area contributed by atoms with Crippen LogP contribution < -0.4 is 5.32 Å². The van der Waals surface area contributed by atoms with Crippen LogP contribution in [-0.4, -0.2) is 17.5 Å². The first kappa shape index (κ1) is 15.9. The minimum absolute atomic E-state index is 0.0108. The number of fused-ring (bicyclic) bond motifs is 1. The van der Waals surface area contributed by atoms with Gasteiger partial charge in [0.1, 0.15) is 0 Å². The van der Waals surface area contributed by atoms with Gasteiger partial charge >= 0.3 is 0 Å². The fourth-order valence-electron chi connectivity index (χ4n) is 3.74. The molecule has 122 valence electrons. The Kier molecular flexibility index (Phi) is 4.60. The quantitative estimate of drug-likeness (QED) is 0.849. The number of aliphatic imine (C=N–C) groups is 1. The number of nitrogens with zero attached hydrogens (tertiary/aromatic N) is 1. The Bertz CT molecular complexity index is 646. The number of hydrogen-bond acceptors (Lipinski definition) is 2. The molecule has 0 aromatic carbocycles. The Balaban J connectivity index is 1.80. The lowest BCUT2D eigenvalue weighted by molar-refractivity contribution is -0.122. The predicted molar refractivity (Wildman–Crippen MR) is 90.9 cm³/mol. The molecule has 1 saturated carbocycles. The van der Waals surface area contributed by atoms with Crippen LogP contribution in [0.5, 0.6) is 0 Å². The zero-order valence-electron chi connectivity index (χ0n) is 13.9. The normalized spacial score (nSPS) is 26.9. The zero-order valence-corrected chi connectivity index (χ0v) is 13.9. The van der Waals surface area contributed by atoms with E-state index in [4.69, 9.17) is 0 Å². The van der Waals surface area contributed by atoms with Crippen molar-refractivity contribution in [3.8, 4) is 0 Å². The fraction of sp³-hybridized carbons (Fsp3) is 0.526. The van der Waals surface area contributed by atoms with Crippen molar-refractivity contribution < 1.29 is 9.59 Å². The smallest absolute Gasteiger partial charge is 0.251 e. The van der Waals surface area contributed by atoms with Crippen LogP contribution in [-0.2, 0) is 9.59 Å². The number of carbonyl (C=O) groups is 2. The second-order valence-electron chi connectivity index (χ2n) is 6.62. The summed E-state index contributed by atoms with van der Waals surface area (Å²) in [5, 5.41) is 2.95. The molecule has 1 heterocycles. The first-order chi connectivity index (χ1) is 11.1. The molecule has 4 heteroatoms. The van der Waals surface area contributed by atoms with Crippen molar-refractivity contribution in [1.29, 1.82) is 0 Å². The average Bonchev–Trinajstić information content (AvgIpc) is 2.55. The highest BCUT2D eigenvalue weighted by Gasteiger charge is 2.29. The third kappa shape index (κ3) is 3.21. The van der Waals surface area contributed by atoms with Crippen molar-refractivity contribution in [2.75, 3.05) is 0 Å². The summed E-state index contributed by atoms with van der Waals surface area (Å²) in [7, 11) is 0. The third-order valence-electron chi connectivity index (χ3n) is 5.12. The Morgan fingerprint density at radius 2 is 2.04 bits per heavy atom. The van der Waals surface area contributed by atoms with Gasteiger partial charge < -0.3 is 5.32 Å². The molecule has 1 fully saturated rings. The van der Waals surface area contributed by atoms with E-state index in [1.807, 2.05) is 32.1 Å². The predicted octanol–water partition coefficient (Wildman–Crippen LogP) is 3.46. The van der Waals surface area contributed by atoms with Gasteiger partial charge in [0.15, 0.2) is 0 Å². The molecule has 3 rings (SSSR count). The van der Waals surface area contributed by atoms with E-state index in [2.05, 4.69) is 10.3 Å². The summed E-state index contributed by atoms with van der Waals surface area (Å²) in [5.74, 6) is 0.144. The van der Waals surface area contributed by atoms with Crippen LogP contribution in [0, 0.1) is 11.8 Å². The molecule has 2 aliphatic carbocycles. The molecule has 0 aromatic heterocycles. The van der Waals surface area contributed by atoms with Crippen LogP contribution in [0.3, 0.4) is 0 Å². The highest BCUT2D eigenvalue weighted by molar-refractivity contribution is 6.11. The van der Waals surface area contributed by atoms with E-state index >= 15 is 0 Å². The van der Waals surface area contributed by atoms with Gasteiger partial charge in [0, 0.05) is 23.1 Å². The molecule has 23 heavy (non-hydrogen) atoms. The number of amides is 2. The Morgan fingerprint density at radius 1 is 1.30 bits per heavy atom. The summed E-state index contributed by atoms with van der Waals surface area (Å²) < 4.78 is 0. The highest BCUT2D eigenvalue weighted by atomic mass is 16.2. The van der Waals surface area contributed by atoms with Crippen molar-refractivity contribution in [1.82, 2.24) is 5.32 Å². The Morgan fingerprint density at radius 3 is 2.74 bits per heavy atom. The molecule has 1 unspecified atom stereocenters. The molecular formula is C19H24N2O2. The number of hydrogen-bond donors (Lipinski definition) is 1. The van der Waals surface area contributed by atoms with E-state index in [1.54, 1.807) is 0 Å². The van der Waals surface area contributed by atoms with Crippen molar-refractivity contribution >= 4 is 17.5 Å². The molecule has 2 amide bonds. The summed E-state index contributed by atoms with van der Waals surface area (Å²) in [6.07, 6.45) is 11.9. The maximum atomic E-state index is 12.3. The molecule has 1 aliphatic heterocycles. The zero-order chi connectivity index (χ0) is 16.4. The maximum absolute atomic E-state index is 12.3. The highest BCUT2D eigenvalue weighted by Crippen LogP contribution is 2.31. The van der Waals surface area contributed by atoms with Gasteiger partial charge in [0.05, 0.1) is 5.71 Å². The molecule has 0 aromatic rings. The number of nitrogens with one attached hydrogen (secondary N) is 1. The number of carbonyl (C=O) groups excluding carboxylic acids is 2. The van der Waals surface area contributed by atoms with Gasteiger partial charge in [-0.15, -0.1) is 0 Å². The van der Waals surface area contributed by atoms with Gasteiger partial charge in [-0.2, -0.15) is 0 Å². The van der Waals surface area contributed by atoms with E-state index in [0.717, 1.165) is 48.9 Å². The number of rotatable bonds is 2. The molecule has 1 N–H and O–H groups in total. The first-order valence-corrected chi connectivity index (χ1v) is 8.63. The molecule has 0 saturated heterocycles. The summed E-state index contributed by atoms with van der Waals surface area (Å²) in [6.45, 7) is 4.01. The fourth-order valence-corrected chi connectivity index (χ4v) is 3.74. The third-order valence-corrected chi connectivity index (χ3v) is 5.12. The van der Waals surface area contributed by atoms with Crippen LogP contribution >= 0.6 is 0 Å². The van der Waals surface area contributed by atoms with Crippen molar-refractivity contribution in [2.24, 2.45) is 16.8 Å². The van der Waals surface area contributed by atoms with Gasteiger partial charge in [0.2, 0.25) is 5.91 Å². The average molecular weight is 312 g/mol. The van der Waals surface area contributed by atoms with Gasteiger partial charge in [0.25, 0.3) is 5.91 Å². The molecule has 3 aliphatic rings. The van der Waals surface area contributed by atoms with Gasteiger partial charge in [-0.3, -0.25) is 9.59 Å². The first-order valence-electron chi connectivity index (χ1n) is 8.63. The summed E-state index contributed by atoms with van der Waals surface area (Å²) in [4.78, 5) is 28.7. The van der Waals surface area contributed by atoms with Crippen molar-refractivity contribution in [2.45, 2.75) is 52.4 Å². The van der Waals surface area contributed by atoms with E-state index in [1.165, 1.54) is 6.42 Å². The van der Waals surface area contributed by atoms with Crippen molar-refractivity contribution in [3.05, 3.63) is 35.1 Å². The van der Waals surface area contributed by atoms with Gasteiger partial charge in [-0.25, -0.2) is 4.99 Å². The van der Waals surface area contributed by atoms with E-state index < -0.39 is 0 Å². The maximum Gasteiger partial charge on any atom is 0.251 e. The van der Waals surface area contributed by atoms with E-state index in [9.17, 15) is 9.59 Å². The van der Waals surface area contributed by atoms with Crippen LogP contribution in [0.1, 0.15) is 52.4 Å². The van der Waals surface area contributed by atoms with Crippen LogP contribution in [0.15, 0.2) is 40.1 Å². The van der Waals surface area contributed by atoms with Crippen LogP contribution in [0.2, 0.25) is 0 Å². The SMILES string of the molecule is CCC1=C(C)C2C=CC(=NC(=O)C3CCCCC3)C=C2NC1=O. The van der Waals surface area contributed by atoms with Gasteiger partial charge in [-0.05, 0) is 38.3 Å². The lowest BCUT2D eigenvalue weighted by Gasteiger charge is -2.29. The standard InChI is InChI=1S/C19H24N2O2/c1-3-15-12(2)16-10-9-14(11-17(16)21-19(15)23)20-18(22)13-7-5-4-6-8-13/h9-11,13,16H,3-8H2,1-2H3,(H,21,23). The van der Waals surface area contributed by atoms with Crippen molar-refractivity contribution in [3.63, 3.8) is 0 Å². The Labute approximate surface area is 137 Å². The van der Waals surface area contributed by atoms with E-state index in [-0.39, 0.29) is 23.7 Å². The molecule has 4 nitrogen and oxygen atoms in total. The lowest BCUT2D eigenvalue weighted by atomic mass is 9.84. The topological polar surface area (TPSA) is 58.5 Å². The summed E-state index contributed by atoms with van der Waals surface area (Å²) in [6, 6.07) is 0. The van der Waals surface area contributed by atoms with E-state index in [0.29, 0.717) is 5.71 Å². The van der Waals surface area contributed by atoms with Crippen LogP contribution in [0.4, 0.5) is 0 Å². The summed E-state index contributed by atoms with van der Waals surface area (Å²) >= 11 is 0. The molecule has 0 bridgehead atoms. The summed E-state index contributed by atoms with van der Waals surface area (Å²) in [5.41, 5.74) is 3.44. The number of allylic oxidation sites excluding steroid dienone is 3. The molecule has 1 atom stereocenters. The minimum atomic E-state index is -0.0271. The molecule has 0 spiro atoms. The minimum Gasteiger partial charge on any atom is -0.325 e. The second kappa shape index (κ2) is 6.65. The molecule has 0 radical (unpaired) electrons. The lowest BCUT2D eigenvalue weighted by Crippen LogP contribution is -2.36. The van der Waals surface area contributed by atoms with Gasteiger partial charge in [-0.1, -0.05) is 37.8 Å². The Hall–Kier alpha value is -1.97. The second-order valence-corrected chi connectivity index (χ2v) is 6.62. The monoisotopic (exact) mass is 312 g/mol. The van der Waals surface area contributed by atoms with Crippen LogP contribution in [0.25, 0.3) is 0 Å². The molecular weight excluding hydrogens is 288 g/mol. The largest absolute Gasteiger partial charge is 0.325 e.